The van der Waals surface area contributed by atoms with E-state index < -0.39 is 21.5 Å². The number of aliphatic carboxylic acids is 1. The van der Waals surface area contributed by atoms with E-state index in [2.05, 4.69) is 36.6 Å². The van der Waals surface area contributed by atoms with E-state index in [0.29, 0.717) is 15.4 Å². The fraction of sp³-hybridized carbons (Fsp3) is 0.462. The van der Waals surface area contributed by atoms with Crippen LogP contribution in [-0.4, -0.2) is 25.0 Å². The summed E-state index contributed by atoms with van der Waals surface area (Å²) in [4.78, 5) is 11.4. The van der Waals surface area contributed by atoms with Crippen molar-refractivity contribution < 1.29 is 18.3 Å². The highest BCUT2D eigenvalue weighted by Crippen LogP contribution is 2.30. The molecule has 1 rings (SSSR count). The minimum atomic E-state index is -3.96. The van der Waals surface area contributed by atoms with Crippen molar-refractivity contribution in [3.8, 4) is 0 Å². The van der Waals surface area contributed by atoms with Gasteiger partial charge >= 0.3 is 5.97 Å². The van der Waals surface area contributed by atoms with E-state index in [4.69, 9.17) is 0 Å². The maximum atomic E-state index is 12.5. The van der Waals surface area contributed by atoms with Gasteiger partial charge in [0.2, 0.25) is 10.0 Å². The van der Waals surface area contributed by atoms with E-state index in [9.17, 15) is 18.3 Å². The molecule has 0 aliphatic rings. The zero-order valence-corrected chi connectivity index (χ0v) is 15.9. The lowest BCUT2D eigenvalue weighted by Gasteiger charge is -2.25. The number of nitrogens with one attached hydrogen (secondary N) is 1. The first-order valence-electron chi connectivity index (χ1n) is 6.26. The first-order chi connectivity index (χ1) is 9.53. The minimum absolute atomic E-state index is 0.00329. The Hall–Kier alpha value is -0.440. The smallest absolute Gasteiger partial charge is 0.324 e. The predicted octanol–water partition coefficient (Wildman–Crippen LogP) is 3.44. The van der Waals surface area contributed by atoms with Crippen molar-refractivity contribution >= 4 is 47.9 Å². The van der Waals surface area contributed by atoms with Crippen LogP contribution >= 0.6 is 31.9 Å². The summed E-state index contributed by atoms with van der Waals surface area (Å²) in [5, 5.41) is 9.29. The van der Waals surface area contributed by atoms with Crippen molar-refractivity contribution in [3.05, 3.63) is 26.6 Å². The number of carboxylic acids is 1. The zero-order chi connectivity index (χ0) is 16.4. The van der Waals surface area contributed by atoms with Gasteiger partial charge in [-0.05, 0) is 53.9 Å². The molecule has 118 valence electrons. The number of hydrogen-bond acceptors (Lipinski definition) is 3. The van der Waals surface area contributed by atoms with Gasteiger partial charge in [-0.25, -0.2) is 8.42 Å². The number of halogens is 2. The second kappa shape index (κ2) is 6.76. The first-order valence-corrected chi connectivity index (χ1v) is 9.33. The largest absolute Gasteiger partial charge is 0.480 e. The second-order valence-corrected chi connectivity index (χ2v) is 8.38. The summed E-state index contributed by atoms with van der Waals surface area (Å²) in [5.41, 5.74) is -0.667. The number of hydrogen-bond donors (Lipinski definition) is 2. The van der Waals surface area contributed by atoms with Crippen molar-refractivity contribution in [2.45, 2.75) is 44.0 Å². The molecule has 0 bridgehead atoms. The lowest BCUT2D eigenvalue weighted by molar-refractivity contribution is -0.143. The third-order valence-corrected chi connectivity index (χ3v) is 6.49. The van der Waals surface area contributed by atoms with Crippen LogP contribution in [0.15, 0.2) is 26.0 Å². The SMILES string of the molecule is CCCC(C)(NS(=O)(=O)c1cc(Br)c(C)cc1Br)C(=O)O. The molecule has 2 N–H and O–H groups in total. The van der Waals surface area contributed by atoms with Gasteiger partial charge in [0.1, 0.15) is 5.54 Å². The summed E-state index contributed by atoms with van der Waals surface area (Å²) in [6, 6.07) is 3.12. The quantitative estimate of drug-likeness (QED) is 0.706. The summed E-state index contributed by atoms with van der Waals surface area (Å²) in [5.74, 6) is -1.20. The Morgan fingerprint density at radius 2 is 1.90 bits per heavy atom. The summed E-state index contributed by atoms with van der Waals surface area (Å²) in [6.07, 6.45) is 0.746. The van der Waals surface area contributed by atoms with E-state index in [1.165, 1.54) is 13.0 Å². The molecule has 1 aromatic carbocycles. The summed E-state index contributed by atoms with van der Waals surface area (Å²) in [6.45, 7) is 5.00. The van der Waals surface area contributed by atoms with E-state index in [-0.39, 0.29) is 11.3 Å². The van der Waals surface area contributed by atoms with Crippen molar-refractivity contribution in [2.24, 2.45) is 0 Å². The molecule has 0 aliphatic carbocycles. The molecule has 0 spiro atoms. The van der Waals surface area contributed by atoms with Crippen molar-refractivity contribution in [3.63, 3.8) is 0 Å². The van der Waals surface area contributed by atoms with Gasteiger partial charge < -0.3 is 5.11 Å². The van der Waals surface area contributed by atoms with Crippen LogP contribution < -0.4 is 4.72 Å². The van der Waals surface area contributed by atoms with Gasteiger partial charge in [-0.1, -0.05) is 29.3 Å². The average molecular weight is 443 g/mol. The highest BCUT2D eigenvalue weighted by atomic mass is 79.9. The normalized spacial score (nSPS) is 14.7. The number of rotatable bonds is 6. The molecule has 0 saturated carbocycles. The third-order valence-electron chi connectivity index (χ3n) is 3.08. The predicted molar refractivity (Wildman–Crippen MR) is 87.8 cm³/mol. The number of aryl methyl sites for hydroxylation is 1. The summed E-state index contributed by atoms with van der Waals surface area (Å²) in [7, 11) is -3.96. The van der Waals surface area contributed by atoms with Crippen LogP contribution in [0.2, 0.25) is 0 Å². The van der Waals surface area contributed by atoms with E-state index in [1.807, 2.05) is 6.92 Å². The Kier molecular flexibility index (Phi) is 5.99. The molecule has 0 radical (unpaired) electrons. The van der Waals surface area contributed by atoms with E-state index >= 15 is 0 Å². The Bertz CT molecular complexity index is 660. The van der Waals surface area contributed by atoms with Crippen LogP contribution in [0.3, 0.4) is 0 Å². The molecule has 0 aromatic heterocycles. The monoisotopic (exact) mass is 441 g/mol. The zero-order valence-electron chi connectivity index (χ0n) is 11.9. The fourth-order valence-electron chi connectivity index (χ4n) is 1.89. The molecule has 0 saturated heterocycles. The Balaban J connectivity index is 3.29. The molecular weight excluding hydrogens is 426 g/mol. The van der Waals surface area contributed by atoms with Crippen LogP contribution in [0.5, 0.6) is 0 Å². The van der Waals surface area contributed by atoms with Crippen LogP contribution in [0.25, 0.3) is 0 Å². The van der Waals surface area contributed by atoms with Crippen molar-refractivity contribution in [1.82, 2.24) is 4.72 Å². The van der Waals surface area contributed by atoms with Gasteiger partial charge in [0.05, 0.1) is 4.90 Å². The molecular formula is C13H17Br2NO4S. The molecule has 0 heterocycles. The molecule has 0 fully saturated rings. The number of carbonyl (C=O) groups is 1. The maximum Gasteiger partial charge on any atom is 0.324 e. The standard InChI is InChI=1S/C13H17Br2NO4S/c1-4-5-13(3,12(17)18)16-21(19,20)11-7-9(14)8(2)6-10(11)15/h6-7,16H,4-5H2,1-3H3,(H,17,18). The van der Waals surface area contributed by atoms with Crippen molar-refractivity contribution in [2.75, 3.05) is 0 Å². The molecule has 21 heavy (non-hydrogen) atoms. The second-order valence-electron chi connectivity index (χ2n) is 5.02. The highest BCUT2D eigenvalue weighted by Gasteiger charge is 2.37. The van der Waals surface area contributed by atoms with E-state index in [1.54, 1.807) is 13.0 Å². The van der Waals surface area contributed by atoms with Gasteiger partial charge in [-0.2, -0.15) is 4.72 Å². The molecule has 1 unspecified atom stereocenters. The third kappa shape index (κ3) is 4.28. The van der Waals surface area contributed by atoms with E-state index in [0.717, 1.165) is 5.56 Å². The molecule has 5 nitrogen and oxygen atoms in total. The van der Waals surface area contributed by atoms with Gasteiger partial charge in [-0.3, -0.25) is 4.79 Å². The van der Waals surface area contributed by atoms with Crippen LogP contribution in [0.1, 0.15) is 32.3 Å². The average Bonchev–Trinajstić information content (AvgIpc) is 2.33. The highest BCUT2D eigenvalue weighted by molar-refractivity contribution is 9.11. The molecule has 0 aliphatic heterocycles. The Morgan fingerprint density at radius 3 is 2.38 bits per heavy atom. The van der Waals surface area contributed by atoms with Crippen LogP contribution in [0, 0.1) is 6.92 Å². The molecule has 0 amide bonds. The van der Waals surface area contributed by atoms with Gasteiger partial charge in [-0.15, -0.1) is 0 Å². The lowest BCUT2D eigenvalue weighted by atomic mass is 9.98. The van der Waals surface area contributed by atoms with Crippen molar-refractivity contribution in [1.29, 1.82) is 0 Å². The molecule has 8 heteroatoms. The summed E-state index contributed by atoms with van der Waals surface area (Å²) >= 11 is 6.50. The first kappa shape index (κ1) is 18.6. The minimum Gasteiger partial charge on any atom is -0.480 e. The molecule has 1 atom stereocenters. The lowest BCUT2D eigenvalue weighted by Crippen LogP contribution is -2.52. The van der Waals surface area contributed by atoms with Gasteiger partial charge in [0.25, 0.3) is 0 Å². The topological polar surface area (TPSA) is 83.5 Å². The fourth-order valence-corrected chi connectivity index (χ4v) is 4.96. The Labute approximate surface area is 141 Å². The van der Waals surface area contributed by atoms with Crippen LogP contribution in [-0.2, 0) is 14.8 Å². The Morgan fingerprint density at radius 1 is 1.33 bits per heavy atom. The summed E-state index contributed by atoms with van der Waals surface area (Å²) < 4.78 is 28.3. The van der Waals surface area contributed by atoms with Gasteiger partial charge in [0, 0.05) is 8.95 Å². The number of carboxylic acid groups (broad SMARTS) is 1. The van der Waals surface area contributed by atoms with Gasteiger partial charge in [0.15, 0.2) is 0 Å². The maximum absolute atomic E-state index is 12.5. The number of sulfonamides is 1. The molecule has 1 aromatic rings. The number of benzene rings is 1. The van der Waals surface area contributed by atoms with Crippen LogP contribution in [0.4, 0.5) is 0 Å².